The van der Waals surface area contributed by atoms with Gasteiger partial charge in [-0.3, -0.25) is 4.79 Å². The smallest absolute Gasteiger partial charge is 0.264 e. The molecule has 0 aliphatic carbocycles. The number of amides is 1. The fourth-order valence-electron chi connectivity index (χ4n) is 2.24. The maximum atomic E-state index is 12.0. The first-order valence-corrected chi connectivity index (χ1v) is 8.69. The molecule has 0 heterocycles. The first kappa shape index (κ1) is 20.6. The van der Waals surface area contributed by atoms with E-state index >= 15 is 0 Å². The first-order valence-electron chi connectivity index (χ1n) is 7.94. The third-order valence-electron chi connectivity index (χ3n) is 3.65. The number of hydrogen-bond donors (Lipinski definition) is 0. The molecule has 27 heavy (non-hydrogen) atoms. The minimum Gasteiger partial charge on any atom is -0.493 e. The van der Waals surface area contributed by atoms with Crippen LogP contribution in [0.25, 0.3) is 6.08 Å². The van der Waals surface area contributed by atoms with Crippen molar-refractivity contribution in [3.8, 4) is 17.6 Å². The lowest BCUT2D eigenvalue weighted by molar-refractivity contribution is -0.124. The first-order chi connectivity index (χ1) is 12.8. The number of halogens is 2. The van der Waals surface area contributed by atoms with Crippen LogP contribution < -0.4 is 9.47 Å². The summed E-state index contributed by atoms with van der Waals surface area (Å²) in [4.78, 5) is 13.3. The third-order valence-corrected chi connectivity index (χ3v) is 4.24. The Hall–Kier alpha value is -2.68. The highest BCUT2D eigenvalue weighted by Gasteiger charge is 2.12. The molecule has 140 valence electrons. The van der Waals surface area contributed by atoms with Crippen molar-refractivity contribution in [1.82, 2.24) is 4.90 Å². The molecule has 0 saturated heterocycles. The van der Waals surface area contributed by atoms with Crippen LogP contribution in [0, 0.1) is 11.3 Å². The molecule has 2 aromatic rings. The minimum absolute atomic E-state index is 0.0312. The lowest BCUT2D eigenvalue weighted by atomic mass is 10.1. The lowest BCUT2D eigenvalue weighted by Gasteiger charge is -2.13. The van der Waals surface area contributed by atoms with E-state index in [-0.39, 0.29) is 18.1 Å². The molecule has 5 nitrogen and oxygen atoms in total. The molecule has 1 amide bonds. The van der Waals surface area contributed by atoms with Gasteiger partial charge in [0, 0.05) is 29.7 Å². The molecule has 0 bridgehead atoms. The largest absolute Gasteiger partial charge is 0.493 e. The number of ether oxygens (including phenoxy) is 2. The number of hydrogen-bond acceptors (Lipinski definition) is 4. The van der Waals surface area contributed by atoms with Gasteiger partial charge >= 0.3 is 0 Å². The molecule has 7 heteroatoms. The maximum Gasteiger partial charge on any atom is 0.264 e. The van der Waals surface area contributed by atoms with Gasteiger partial charge in [-0.1, -0.05) is 35.3 Å². The van der Waals surface area contributed by atoms with Crippen molar-refractivity contribution in [1.29, 1.82) is 5.26 Å². The van der Waals surface area contributed by atoms with Crippen LogP contribution in [0.15, 0.2) is 42.0 Å². The average Bonchev–Trinajstić information content (AvgIpc) is 2.65. The predicted molar refractivity (Wildman–Crippen MR) is 106 cm³/mol. The molecule has 0 radical (unpaired) electrons. The summed E-state index contributed by atoms with van der Waals surface area (Å²) in [6.45, 7) is 0.240. The van der Waals surface area contributed by atoms with Crippen molar-refractivity contribution in [2.24, 2.45) is 0 Å². The maximum absolute atomic E-state index is 12.0. The third kappa shape index (κ3) is 5.40. The monoisotopic (exact) mass is 404 g/mol. The zero-order valence-electron chi connectivity index (χ0n) is 15.1. The van der Waals surface area contributed by atoms with Crippen molar-refractivity contribution in [2.45, 2.75) is 6.61 Å². The van der Waals surface area contributed by atoms with Crippen LogP contribution in [0.2, 0.25) is 10.0 Å². The van der Waals surface area contributed by atoms with Crippen molar-refractivity contribution in [3.05, 3.63) is 63.1 Å². The Bertz CT molecular complexity index is 918. The number of nitrogens with zero attached hydrogens (tertiary/aromatic N) is 2. The van der Waals surface area contributed by atoms with E-state index in [1.807, 2.05) is 6.07 Å². The van der Waals surface area contributed by atoms with E-state index in [4.69, 9.17) is 32.7 Å². The second-order valence-corrected chi connectivity index (χ2v) is 6.65. The summed E-state index contributed by atoms with van der Waals surface area (Å²) in [5.41, 5.74) is 1.47. The molecule has 0 aliphatic heterocycles. The standard InChI is InChI=1S/C20H18Cl2N2O3/c1-24(2)20(25)15(11-23)8-13-4-7-18(19(9-13)26-3)27-12-14-5-6-16(21)10-17(14)22/h4-10H,12H2,1-3H3/b15-8-. The van der Waals surface area contributed by atoms with Gasteiger partial charge in [0.25, 0.3) is 5.91 Å². The predicted octanol–water partition coefficient (Wildman–Crippen LogP) is 4.58. The fourth-order valence-corrected chi connectivity index (χ4v) is 2.70. The molecular weight excluding hydrogens is 387 g/mol. The summed E-state index contributed by atoms with van der Waals surface area (Å²) in [5.74, 6) is 0.621. The summed E-state index contributed by atoms with van der Waals surface area (Å²) >= 11 is 12.0. The molecule has 0 spiro atoms. The van der Waals surface area contributed by atoms with E-state index in [9.17, 15) is 10.1 Å². The van der Waals surface area contributed by atoms with Crippen LogP contribution in [0.4, 0.5) is 0 Å². The molecule has 0 unspecified atom stereocenters. The van der Waals surface area contributed by atoms with Gasteiger partial charge in [-0.25, -0.2) is 0 Å². The van der Waals surface area contributed by atoms with Crippen molar-refractivity contribution >= 4 is 35.2 Å². The van der Waals surface area contributed by atoms with E-state index in [0.717, 1.165) is 5.56 Å². The number of nitriles is 1. The summed E-state index contributed by atoms with van der Waals surface area (Å²) in [7, 11) is 4.70. The van der Waals surface area contributed by atoms with E-state index < -0.39 is 0 Å². The van der Waals surface area contributed by atoms with E-state index in [0.29, 0.717) is 27.1 Å². The van der Waals surface area contributed by atoms with Crippen LogP contribution in [0.1, 0.15) is 11.1 Å². The number of carbonyl (C=O) groups is 1. The molecule has 0 aliphatic rings. The van der Waals surface area contributed by atoms with Gasteiger partial charge in [0.05, 0.1) is 7.11 Å². The number of rotatable bonds is 6. The van der Waals surface area contributed by atoms with Crippen molar-refractivity contribution < 1.29 is 14.3 Å². The zero-order valence-corrected chi connectivity index (χ0v) is 16.6. The highest BCUT2D eigenvalue weighted by atomic mass is 35.5. The molecule has 0 aromatic heterocycles. The number of carbonyl (C=O) groups excluding carboxylic acids is 1. The quantitative estimate of drug-likeness (QED) is 0.522. The van der Waals surface area contributed by atoms with E-state index in [2.05, 4.69) is 0 Å². The molecule has 0 atom stereocenters. The topological polar surface area (TPSA) is 62.6 Å². The van der Waals surface area contributed by atoms with Gasteiger partial charge in [-0.05, 0) is 35.9 Å². The SMILES string of the molecule is COc1cc(/C=C(/C#N)C(=O)N(C)C)ccc1OCc1ccc(Cl)cc1Cl. The van der Waals surface area contributed by atoms with Crippen LogP contribution in [-0.2, 0) is 11.4 Å². The van der Waals surface area contributed by atoms with Crippen LogP contribution >= 0.6 is 23.2 Å². The Morgan fingerprint density at radius 3 is 2.52 bits per heavy atom. The van der Waals surface area contributed by atoms with E-state index in [1.165, 1.54) is 18.1 Å². The Morgan fingerprint density at radius 1 is 1.19 bits per heavy atom. The Kier molecular flexibility index (Phi) is 7.12. The number of benzene rings is 2. The fraction of sp³-hybridized carbons (Fsp3) is 0.200. The molecule has 0 saturated carbocycles. The highest BCUT2D eigenvalue weighted by Crippen LogP contribution is 2.31. The average molecular weight is 405 g/mol. The normalized spacial score (nSPS) is 10.9. The van der Waals surface area contributed by atoms with Gasteiger partial charge in [0.1, 0.15) is 18.2 Å². The summed E-state index contributed by atoms with van der Waals surface area (Å²) in [6.07, 6.45) is 1.50. The van der Waals surface area contributed by atoms with Gasteiger partial charge in [0.15, 0.2) is 11.5 Å². The Labute approximate surface area is 168 Å². The molecular formula is C20H18Cl2N2O3. The highest BCUT2D eigenvalue weighted by molar-refractivity contribution is 6.35. The zero-order chi connectivity index (χ0) is 20.0. The summed E-state index contributed by atoms with van der Waals surface area (Å²) in [5, 5.41) is 10.3. The van der Waals surface area contributed by atoms with Gasteiger partial charge < -0.3 is 14.4 Å². The van der Waals surface area contributed by atoms with Gasteiger partial charge in [-0.2, -0.15) is 5.26 Å². The second-order valence-electron chi connectivity index (χ2n) is 5.80. The van der Waals surface area contributed by atoms with Crippen molar-refractivity contribution in [3.63, 3.8) is 0 Å². The molecule has 0 fully saturated rings. The summed E-state index contributed by atoms with van der Waals surface area (Å²) in [6, 6.07) is 12.2. The minimum atomic E-state index is -0.367. The van der Waals surface area contributed by atoms with Crippen LogP contribution in [-0.4, -0.2) is 32.0 Å². The number of methoxy groups -OCH3 is 1. The molecule has 2 aromatic carbocycles. The summed E-state index contributed by atoms with van der Waals surface area (Å²) < 4.78 is 11.2. The van der Waals surface area contributed by atoms with Crippen LogP contribution in [0.3, 0.4) is 0 Å². The van der Waals surface area contributed by atoms with Crippen molar-refractivity contribution in [2.75, 3.05) is 21.2 Å². The molecule has 0 N–H and O–H groups in total. The van der Waals surface area contributed by atoms with Gasteiger partial charge in [-0.15, -0.1) is 0 Å². The number of likely N-dealkylation sites (N-methyl/N-ethyl adjacent to an activating group) is 1. The molecule has 2 rings (SSSR count). The Balaban J connectivity index is 2.23. The van der Waals surface area contributed by atoms with E-state index in [1.54, 1.807) is 50.5 Å². The Morgan fingerprint density at radius 2 is 1.93 bits per heavy atom. The lowest BCUT2D eigenvalue weighted by Crippen LogP contribution is -2.22. The second kappa shape index (κ2) is 9.31. The van der Waals surface area contributed by atoms with Crippen LogP contribution in [0.5, 0.6) is 11.5 Å². The van der Waals surface area contributed by atoms with Gasteiger partial charge in [0.2, 0.25) is 0 Å².